The summed E-state index contributed by atoms with van der Waals surface area (Å²) in [7, 11) is 0. The highest BCUT2D eigenvalue weighted by Gasteiger charge is 2.15. The lowest BCUT2D eigenvalue weighted by molar-refractivity contribution is 0.0470. The number of nitrogens with zero attached hydrogens (tertiary/aromatic N) is 2. The van der Waals surface area contributed by atoms with Gasteiger partial charge in [0.1, 0.15) is 0 Å². The van der Waals surface area contributed by atoms with Gasteiger partial charge in [0.05, 0.1) is 12.8 Å². The minimum absolute atomic E-state index is 0.0707. The molecule has 0 amide bonds. The monoisotopic (exact) mass is 209 g/mol. The van der Waals surface area contributed by atoms with E-state index in [9.17, 15) is 0 Å². The molecule has 1 aromatic rings. The maximum absolute atomic E-state index is 5.78. The third kappa shape index (κ3) is 2.79. The van der Waals surface area contributed by atoms with E-state index in [0.717, 1.165) is 25.3 Å². The van der Waals surface area contributed by atoms with Crippen LogP contribution < -0.4 is 5.73 Å². The van der Waals surface area contributed by atoms with Crippen LogP contribution in [0.1, 0.15) is 31.4 Å². The minimum Gasteiger partial charge on any atom is -0.381 e. The highest BCUT2D eigenvalue weighted by molar-refractivity contribution is 5.08. The number of nitrogens with two attached hydrogens (primary N) is 1. The highest BCUT2D eigenvalue weighted by Crippen LogP contribution is 2.16. The van der Waals surface area contributed by atoms with E-state index in [-0.39, 0.29) is 6.04 Å². The zero-order valence-corrected chi connectivity index (χ0v) is 9.22. The molecule has 0 aliphatic carbocycles. The number of rotatable bonds is 3. The third-order valence-electron chi connectivity index (χ3n) is 2.88. The average molecular weight is 209 g/mol. The van der Waals surface area contributed by atoms with Crippen LogP contribution in [0.4, 0.5) is 0 Å². The van der Waals surface area contributed by atoms with E-state index < -0.39 is 0 Å². The molecule has 1 aliphatic heterocycles. The maximum Gasteiger partial charge on any atom is 0.0537 e. The fraction of sp³-hybridized carbons (Fsp3) is 0.727. The highest BCUT2D eigenvalue weighted by atomic mass is 16.5. The zero-order chi connectivity index (χ0) is 10.7. The Morgan fingerprint density at radius 3 is 3.20 bits per heavy atom. The molecule has 2 heterocycles. The molecule has 84 valence electrons. The Bertz CT molecular complexity index is 303. The van der Waals surface area contributed by atoms with E-state index in [0.29, 0.717) is 5.92 Å². The molecule has 1 aliphatic rings. The van der Waals surface area contributed by atoms with Crippen molar-refractivity contribution in [1.29, 1.82) is 0 Å². The summed E-state index contributed by atoms with van der Waals surface area (Å²) in [5.74, 6) is 0.611. The first-order valence-electron chi connectivity index (χ1n) is 5.61. The topological polar surface area (TPSA) is 53.1 Å². The van der Waals surface area contributed by atoms with E-state index in [1.807, 2.05) is 24.0 Å². The quantitative estimate of drug-likeness (QED) is 0.817. The first-order valence-corrected chi connectivity index (χ1v) is 5.61. The van der Waals surface area contributed by atoms with E-state index in [4.69, 9.17) is 10.5 Å². The molecule has 1 aromatic heterocycles. The molecule has 4 heteroatoms. The fourth-order valence-corrected chi connectivity index (χ4v) is 1.93. The predicted octanol–water partition coefficient (Wildman–Crippen LogP) is 1.33. The van der Waals surface area contributed by atoms with Gasteiger partial charge in [-0.15, -0.1) is 0 Å². The molecule has 0 bridgehead atoms. The normalized spacial score (nSPS) is 24.0. The summed E-state index contributed by atoms with van der Waals surface area (Å²) in [4.78, 5) is 0. The van der Waals surface area contributed by atoms with Gasteiger partial charge < -0.3 is 10.5 Å². The van der Waals surface area contributed by atoms with Crippen molar-refractivity contribution in [3.05, 3.63) is 18.0 Å². The standard InChI is InChI=1S/C11H19N3O/c1-9(12)11-5-13-14(7-11)6-10-3-2-4-15-8-10/h5,7,9-10H,2-4,6,8,12H2,1H3. The molecule has 2 rings (SSSR count). The molecular weight excluding hydrogens is 190 g/mol. The van der Waals surface area contributed by atoms with Crippen molar-refractivity contribution in [2.24, 2.45) is 11.7 Å². The lowest BCUT2D eigenvalue weighted by Crippen LogP contribution is -2.22. The summed E-state index contributed by atoms with van der Waals surface area (Å²) < 4.78 is 7.43. The van der Waals surface area contributed by atoms with Gasteiger partial charge in [0.2, 0.25) is 0 Å². The first-order chi connectivity index (χ1) is 7.25. The minimum atomic E-state index is 0.0707. The molecule has 0 spiro atoms. The predicted molar refractivity (Wildman–Crippen MR) is 58.4 cm³/mol. The summed E-state index contributed by atoms with van der Waals surface area (Å²) in [6, 6.07) is 0.0707. The summed E-state index contributed by atoms with van der Waals surface area (Å²) in [5.41, 5.74) is 6.89. The number of hydrogen-bond donors (Lipinski definition) is 1. The number of aromatic nitrogens is 2. The van der Waals surface area contributed by atoms with E-state index in [2.05, 4.69) is 5.10 Å². The summed E-state index contributed by atoms with van der Waals surface area (Å²) >= 11 is 0. The van der Waals surface area contributed by atoms with Crippen molar-refractivity contribution in [2.75, 3.05) is 13.2 Å². The Labute approximate surface area is 90.4 Å². The molecule has 2 N–H and O–H groups in total. The summed E-state index contributed by atoms with van der Waals surface area (Å²) in [6.45, 7) is 4.71. The van der Waals surface area contributed by atoms with Gasteiger partial charge in [0, 0.05) is 36.9 Å². The van der Waals surface area contributed by atoms with E-state index in [1.165, 1.54) is 12.8 Å². The Hall–Kier alpha value is -0.870. The van der Waals surface area contributed by atoms with E-state index in [1.54, 1.807) is 0 Å². The second-order valence-electron chi connectivity index (χ2n) is 4.37. The van der Waals surface area contributed by atoms with Crippen LogP contribution in [0.3, 0.4) is 0 Å². The van der Waals surface area contributed by atoms with Crippen LogP contribution in [0.25, 0.3) is 0 Å². The number of hydrogen-bond acceptors (Lipinski definition) is 3. The smallest absolute Gasteiger partial charge is 0.0537 e. The molecule has 2 unspecified atom stereocenters. The van der Waals surface area contributed by atoms with Crippen LogP contribution in [0, 0.1) is 5.92 Å². The lowest BCUT2D eigenvalue weighted by Gasteiger charge is -2.21. The van der Waals surface area contributed by atoms with E-state index >= 15 is 0 Å². The van der Waals surface area contributed by atoms with Gasteiger partial charge in [-0.25, -0.2) is 0 Å². The number of ether oxygens (including phenoxy) is 1. The lowest BCUT2D eigenvalue weighted by atomic mass is 10.0. The largest absolute Gasteiger partial charge is 0.381 e. The Morgan fingerprint density at radius 2 is 2.60 bits per heavy atom. The Kier molecular flexibility index (Phi) is 3.38. The molecule has 1 saturated heterocycles. The molecule has 0 aromatic carbocycles. The van der Waals surface area contributed by atoms with Gasteiger partial charge in [-0.3, -0.25) is 4.68 Å². The van der Waals surface area contributed by atoms with Gasteiger partial charge in [-0.2, -0.15) is 5.10 Å². The molecule has 1 fully saturated rings. The van der Waals surface area contributed by atoms with Gasteiger partial charge in [0.25, 0.3) is 0 Å². The third-order valence-corrected chi connectivity index (χ3v) is 2.88. The second-order valence-corrected chi connectivity index (χ2v) is 4.37. The van der Waals surface area contributed by atoms with Crippen LogP contribution >= 0.6 is 0 Å². The molecule has 2 atom stereocenters. The zero-order valence-electron chi connectivity index (χ0n) is 9.22. The van der Waals surface area contributed by atoms with Crippen LogP contribution in [0.2, 0.25) is 0 Å². The molecule has 4 nitrogen and oxygen atoms in total. The van der Waals surface area contributed by atoms with Crippen molar-refractivity contribution < 1.29 is 4.74 Å². The summed E-state index contributed by atoms with van der Waals surface area (Å²) in [6.07, 6.45) is 6.31. The van der Waals surface area contributed by atoms with Gasteiger partial charge >= 0.3 is 0 Å². The Balaban J connectivity index is 1.91. The van der Waals surface area contributed by atoms with Crippen molar-refractivity contribution in [3.8, 4) is 0 Å². The van der Waals surface area contributed by atoms with Crippen LogP contribution in [0.5, 0.6) is 0 Å². The van der Waals surface area contributed by atoms with Gasteiger partial charge in [-0.05, 0) is 19.8 Å². The van der Waals surface area contributed by atoms with Crippen molar-refractivity contribution in [2.45, 2.75) is 32.4 Å². The molecule has 0 saturated carbocycles. The van der Waals surface area contributed by atoms with Gasteiger partial charge in [-0.1, -0.05) is 0 Å². The molecular formula is C11H19N3O. The second kappa shape index (κ2) is 4.77. The molecule has 0 radical (unpaired) electrons. The fourth-order valence-electron chi connectivity index (χ4n) is 1.93. The maximum atomic E-state index is 5.78. The van der Waals surface area contributed by atoms with Crippen LogP contribution in [-0.4, -0.2) is 23.0 Å². The van der Waals surface area contributed by atoms with Crippen molar-refractivity contribution >= 4 is 0 Å². The van der Waals surface area contributed by atoms with Crippen LogP contribution in [-0.2, 0) is 11.3 Å². The SMILES string of the molecule is CC(N)c1cnn(CC2CCCOC2)c1. The van der Waals surface area contributed by atoms with Crippen molar-refractivity contribution in [1.82, 2.24) is 9.78 Å². The van der Waals surface area contributed by atoms with Crippen molar-refractivity contribution in [3.63, 3.8) is 0 Å². The average Bonchev–Trinajstić information content (AvgIpc) is 2.68. The van der Waals surface area contributed by atoms with Crippen LogP contribution in [0.15, 0.2) is 12.4 Å². The Morgan fingerprint density at radius 1 is 1.73 bits per heavy atom. The first kappa shape index (κ1) is 10.6. The van der Waals surface area contributed by atoms with Gasteiger partial charge in [0.15, 0.2) is 0 Å². The summed E-state index contributed by atoms with van der Waals surface area (Å²) in [5, 5.41) is 4.31. The molecule has 15 heavy (non-hydrogen) atoms.